The largest absolute Gasteiger partial charge is 0.493 e. The lowest BCUT2D eigenvalue weighted by atomic mass is 10.0. The van der Waals surface area contributed by atoms with Crippen molar-refractivity contribution in [2.24, 2.45) is 0 Å². The summed E-state index contributed by atoms with van der Waals surface area (Å²) >= 11 is 5.92. The zero-order valence-electron chi connectivity index (χ0n) is 15.8. The molecule has 1 heterocycles. The maximum absolute atomic E-state index is 13.0. The molecule has 0 aliphatic heterocycles. The van der Waals surface area contributed by atoms with Gasteiger partial charge in [0, 0.05) is 16.7 Å². The first-order valence-electron chi connectivity index (χ1n) is 9.30. The second-order valence-corrected chi connectivity index (χ2v) is 6.90. The standard InChI is InChI=1S/C23H19ClN2O3/c1-2-28-20-12-9-15-5-3-4-6-19(15)22(20)23(27)25-14-18-13-21(29-26-18)16-7-10-17(24)11-8-16/h3-13H,2,14H2,1H3,(H,25,27). The van der Waals surface area contributed by atoms with Crippen LogP contribution in [0.5, 0.6) is 5.75 Å². The van der Waals surface area contributed by atoms with E-state index in [2.05, 4.69) is 10.5 Å². The van der Waals surface area contributed by atoms with Gasteiger partial charge in [-0.25, -0.2) is 0 Å². The third-order valence-electron chi connectivity index (χ3n) is 4.54. The fourth-order valence-corrected chi connectivity index (χ4v) is 3.29. The summed E-state index contributed by atoms with van der Waals surface area (Å²) in [6.07, 6.45) is 0. The van der Waals surface area contributed by atoms with Crippen LogP contribution in [0.4, 0.5) is 0 Å². The highest BCUT2D eigenvalue weighted by molar-refractivity contribution is 6.30. The first-order chi connectivity index (χ1) is 14.2. The van der Waals surface area contributed by atoms with Crippen molar-refractivity contribution >= 4 is 28.3 Å². The van der Waals surface area contributed by atoms with Gasteiger partial charge in [-0.05, 0) is 48.0 Å². The van der Waals surface area contributed by atoms with Gasteiger partial charge in [-0.1, -0.05) is 47.1 Å². The molecule has 1 aromatic heterocycles. The molecule has 1 amide bonds. The van der Waals surface area contributed by atoms with Crippen LogP contribution in [-0.2, 0) is 6.54 Å². The molecular formula is C23H19ClN2O3. The van der Waals surface area contributed by atoms with Crippen molar-refractivity contribution in [3.8, 4) is 17.1 Å². The summed E-state index contributed by atoms with van der Waals surface area (Å²) in [6.45, 7) is 2.61. The highest BCUT2D eigenvalue weighted by Gasteiger charge is 2.17. The van der Waals surface area contributed by atoms with Crippen molar-refractivity contribution in [1.82, 2.24) is 10.5 Å². The van der Waals surface area contributed by atoms with E-state index in [-0.39, 0.29) is 12.5 Å². The number of fused-ring (bicyclic) bond motifs is 1. The summed E-state index contributed by atoms with van der Waals surface area (Å²) in [5, 5.41) is 9.44. The third kappa shape index (κ3) is 4.10. The summed E-state index contributed by atoms with van der Waals surface area (Å²) in [7, 11) is 0. The number of carbonyl (C=O) groups is 1. The van der Waals surface area contributed by atoms with Crippen LogP contribution in [0.3, 0.4) is 0 Å². The summed E-state index contributed by atoms with van der Waals surface area (Å²) in [5.74, 6) is 0.957. The number of aromatic nitrogens is 1. The molecular weight excluding hydrogens is 388 g/mol. The Kier molecular flexibility index (Phi) is 5.49. The fourth-order valence-electron chi connectivity index (χ4n) is 3.17. The summed E-state index contributed by atoms with van der Waals surface area (Å²) in [6, 6.07) is 20.6. The SMILES string of the molecule is CCOc1ccc2ccccc2c1C(=O)NCc1cc(-c2ccc(Cl)cc2)on1. The van der Waals surface area contributed by atoms with Gasteiger partial charge < -0.3 is 14.6 Å². The number of carbonyl (C=O) groups excluding carboxylic acids is 1. The summed E-state index contributed by atoms with van der Waals surface area (Å²) in [5.41, 5.74) is 2.01. The molecule has 0 saturated carbocycles. The average molecular weight is 407 g/mol. The van der Waals surface area contributed by atoms with Gasteiger partial charge in [0.1, 0.15) is 11.4 Å². The van der Waals surface area contributed by atoms with Crippen LogP contribution in [-0.4, -0.2) is 17.7 Å². The zero-order valence-corrected chi connectivity index (χ0v) is 16.6. The Morgan fingerprint density at radius 3 is 2.69 bits per heavy atom. The quantitative estimate of drug-likeness (QED) is 0.460. The van der Waals surface area contributed by atoms with Crippen LogP contribution in [0.15, 0.2) is 71.3 Å². The molecule has 146 valence electrons. The Bertz CT molecular complexity index is 1150. The van der Waals surface area contributed by atoms with Crippen molar-refractivity contribution < 1.29 is 14.1 Å². The molecule has 4 aromatic rings. The van der Waals surface area contributed by atoms with Crippen molar-refractivity contribution in [3.05, 3.63) is 83.0 Å². The minimum Gasteiger partial charge on any atom is -0.493 e. The number of ether oxygens (including phenoxy) is 1. The topological polar surface area (TPSA) is 64.4 Å². The molecule has 6 heteroatoms. The van der Waals surface area contributed by atoms with E-state index >= 15 is 0 Å². The van der Waals surface area contributed by atoms with E-state index in [1.54, 1.807) is 18.2 Å². The van der Waals surface area contributed by atoms with Gasteiger partial charge in [-0.3, -0.25) is 4.79 Å². The number of hydrogen-bond donors (Lipinski definition) is 1. The maximum atomic E-state index is 13.0. The van der Waals surface area contributed by atoms with Crippen LogP contribution in [0, 0.1) is 0 Å². The van der Waals surface area contributed by atoms with Crippen LogP contribution in [0.25, 0.3) is 22.1 Å². The predicted molar refractivity (Wildman–Crippen MR) is 113 cm³/mol. The molecule has 5 nitrogen and oxygen atoms in total. The number of amides is 1. The van der Waals surface area contributed by atoms with E-state index in [9.17, 15) is 4.79 Å². The normalized spacial score (nSPS) is 10.8. The van der Waals surface area contributed by atoms with Crippen LogP contribution < -0.4 is 10.1 Å². The smallest absolute Gasteiger partial charge is 0.256 e. The van der Waals surface area contributed by atoms with Crippen molar-refractivity contribution in [1.29, 1.82) is 0 Å². The molecule has 0 radical (unpaired) electrons. The summed E-state index contributed by atoms with van der Waals surface area (Å²) < 4.78 is 11.1. The van der Waals surface area contributed by atoms with Crippen molar-refractivity contribution in [2.75, 3.05) is 6.61 Å². The van der Waals surface area contributed by atoms with Gasteiger partial charge >= 0.3 is 0 Å². The molecule has 0 bridgehead atoms. The monoisotopic (exact) mass is 406 g/mol. The first kappa shape index (κ1) is 19.0. The Hall–Kier alpha value is -3.31. The third-order valence-corrected chi connectivity index (χ3v) is 4.79. The predicted octanol–water partition coefficient (Wildman–Crippen LogP) is 5.48. The molecule has 0 aliphatic rings. The van der Waals surface area contributed by atoms with E-state index in [4.69, 9.17) is 20.9 Å². The molecule has 0 fully saturated rings. The zero-order chi connectivity index (χ0) is 20.2. The molecule has 4 rings (SSSR count). The number of benzene rings is 3. The van der Waals surface area contributed by atoms with Gasteiger partial charge in [-0.2, -0.15) is 0 Å². The van der Waals surface area contributed by atoms with Crippen LogP contribution in [0.1, 0.15) is 23.0 Å². The van der Waals surface area contributed by atoms with Crippen LogP contribution >= 0.6 is 11.6 Å². The molecule has 0 saturated heterocycles. The van der Waals surface area contributed by atoms with Gasteiger partial charge in [0.05, 0.1) is 18.7 Å². The molecule has 0 spiro atoms. The minimum absolute atomic E-state index is 0.221. The van der Waals surface area contributed by atoms with Gasteiger partial charge in [0.25, 0.3) is 5.91 Å². The number of rotatable bonds is 6. The van der Waals surface area contributed by atoms with Crippen molar-refractivity contribution in [3.63, 3.8) is 0 Å². The molecule has 0 aliphatic carbocycles. The molecule has 0 unspecified atom stereocenters. The van der Waals surface area contributed by atoms with Crippen LogP contribution in [0.2, 0.25) is 5.02 Å². The average Bonchev–Trinajstić information content (AvgIpc) is 3.21. The Balaban J connectivity index is 1.55. The minimum atomic E-state index is -0.221. The Morgan fingerprint density at radius 2 is 1.90 bits per heavy atom. The lowest BCUT2D eigenvalue weighted by Gasteiger charge is -2.13. The molecule has 3 aromatic carbocycles. The molecule has 1 N–H and O–H groups in total. The first-order valence-corrected chi connectivity index (χ1v) is 9.68. The highest BCUT2D eigenvalue weighted by atomic mass is 35.5. The highest BCUT2D eigenvalue weighted by Crippen LogP contribution is 2.28. The van der Waals surface area contributed by atoms with Gasteiger partial charge in [-0.15, -0.1) is 0 Å². The van der Waals surface area contributed by atoms with E-state index in [0.29, 0.717) is 34.4 Å². The van der Waals surface area contributed by atoms with Gasteiger partial charge in [0.2, 0.25) is 0 Å². The van der Waals surface area contributed by atoms with Crippen molar-refractivity contribution in [2.45, 2.75) is 13.5 Å². The number of nitrogens with zero attached hydrogens (tertiary/aromatic N) is 1. The second-order valence-electron chi connectivity index (χ2n) is 6.46. The lowest BCUT2D eigenvalue weighted by molar-refractivity contribution is 0.0948. The molecule has 0 atom stereocenters. The Morgan fingerprint density at radius 1 is 1.10 bits per heavy atom. The van der Waals surface area contributed by atoms with E-state index in [1.165, 1.54) is 0 Å². The molecule has 29 heavy (non-hydrogen) atoms. The van der Waals surface area contributed by atoms with Gasteiger partial charge in [0.15, 0.2) is 5.76 Å². The Labute approximate surface area is 173 Å². The van der Waals surface area contributed by atoms with E-state index in [0.717, 1.165) is 16.3 Å². The number of halogens is 1. The van der Waals surface area contributed by atoms with E-state index < -0.39 is 0 Å². The number of nitrogens with one attached hydrogen (secondary N) is 1. The maximum Gasteiger partial charge on any atom is 0.256 e. The lowest BCUT2D eigenvalue weighted by Crippen LogP contribution is -2.24. The fraction of sp³-hybridized carbons (Fsp3) is 0.130. The van der Waals surface area contributed by atoms with E-state index in [1.807, 2.05) is 55.5 Å². The second kappa shape index (κ2) is 8.37. The number of hydrogen-bond acceptors (Lipinski definition) is 4. The summed E-state index contributed by atoms with van der Waals surface area (Å²) in [4.78, 5) is 13.0.